The highest BCUT2D eigenvalue weighted by Crippen LogP contribution is 2.36. The topological polar surface area (TPSA) is 42.2 Å². The zero-order valence-corrected chi connectivity index (χ0v) is 11.5. The van der Waals surface area contributed by atoms with Crippen molar-refractivity contribution in [1.82, 2.24) is 4.98 Å². The van der Waals surface area contributed by atoms with E-state index < -0.39 is 0 Å². The predicted octanol–water partition coefficient (Wildman–Crippen LogP) is 3.50. The van der Waals surface area contributed by atoms with Gasteiger partial charge in [0.2, 0.25) is 0 Å². The Kier molecular flexibility index (Phi) is 3.12. The van der Waals surface area contributed by atoms with Gasteiger partial charge in [-0.05, 0) is 37.3 Å². The van der Waals surface area contributed by atoms with Crippen molar-refractivity contribution in [3.05, 3.63) is 17.6 Å². The Morgan fingerprint density at radius 1 is 1.44 bits per heavy atom. The average Bonchev–Trinajstić information content (AvgIpc) is 3.04. The number of benzene rings is 1. The number of anilines is 2. The Balaban J connectivity index is 1.95. The van der Waals surface area contributed by atoms with E-state index in [1.54, 1.807) is 11.3 Å². The normalized spacial score (nSPS) is 15.2. The third kappa shape index (κ3) is 2.17. The molecule has 1 aromatic heterocycles. The van der Waals surface area contributed by atoms with Gasteiger partial charge in [0.1, 0.15) is 5.52 Å². The van der Waals surface area contributed by atoms with Crippen molar-refractivity contribution in [2.24, 2.45) is 5.92 Å². The smallest absolute Gasteiger partial charge is 0.106 e. The molecule has 1 aromatic carbocycles. The van der Waals surface area contributed by atoms with E-state index in [4.69, 9.17) is 5.73 Å². The van der Waals surface area contributed by atoms with Gasteiger partial charge >= 0.3 is 0 Å². The second-order valence-electron chi connectivity index (χ2n) is 5.09. The Bertz CT molecular complexity index is 545. The number of rotatable bonds is 5. The lowest BCUT2D eigenvalue weighted by atomic mass is 10.2. The Morgan fingerprint density at radius 2 is 2.28 bits per heavy atom. The van der Waals surface area contributed by atoms with Crippen molar-refractivity contribution in [3.8, 4) is 0 Å². The monoisotopic (exact) mass is 261 g/mol. The van der Waals surface area contributed by atoms with Crippen LogP contribution in [-0.2, 0) is 0 Å². The van der Waals surface area contributed by atoms with E-state index in [-0.39, 0.29) is 0 Å². The van der Waals surface area contributed by atoms with Crippen LogP contribution in [-0.4, -0.2) is 18.1 Å². The summed E-state index contributed by atoms with van der Waals surface area (Å²) in [6.45, 7) is 4.45. The van der Waals surface area contributed by atoms with Gasteiger partial charge < -0.3 is 10.6 Å². The average molecular weight is 261 g/mol. The molecule has 3 rings (SSSR count). The van der Waals surface area contributed by atoms with Crippen LogP contribution in [0.25, 0.3) is 10.2 Å². The fourth-order valence-corrected chi connectivity index (χ4v) is 3.10. The SMILES string of the molecule is CCCN(CC1CC1)c1ccc2scnc2c1N. The van der Waals surface area contributed by atoms with E-state index in [1.807, 2.05) is 5.51 Å². The van der Waals surface area contributed by atoms with E-state index in [9.17, 15) is 0 Å². The molecule has 0 spiro atoms. The molecule has 0 atom stereocenters. The van der Waals surface area contributed by atoms with Gasteiger partial charge in [0.15, 0.2) is 0 Å². The molecule has 1 heterocycles. The van der Waals surface area contributed by atoms with Crippen molar-refractivity contribution in [3.63, 3.8) is 0 Å². The molecule has 2 aromatic rings. The molecular formula is C14H19N3S. The van der Waals surface area contributed by atoms with Crippen molar-refractivity contribution in [2.45, 2.75) is 26.2 Å². The number of aromatic nitrogens is 1. The third-order valence-corrected chi connectivity index (χ3v) is 4.32. The lowest BCUT2D eigenvalue weighted by molar-refractivity contribution is 0.709. The number of nitrogens with zero attached hydrogens (tertiary/aromatic N) is 2. The first-order valence-electron chi connectivity index (χ1n) is 6.66. The molecule has 0 bridgehead atoms. The highest BCUT2D eigenvalue weighted by Gasteiger charge is 2.25. The van der Waals surface area contributed by atoms with Crippen LogP contribution in [0.1, 0.15) is 26.2 Å². The van der Waals surface area contributed by atoms with Crippen LogP contribution in [0, 0.1) is 5.92 Å². The zero-order chi connectivity index (χ0) is 12.5. The lowest BCUT2D eigenvalue weighted by Gasteiger charge is -2.25. The highest BCUT2D eigenvalue weighted by atomic mass is 32.1. The third-order valence-electron chi connectivity index (χ3n) is 3.53. The minimum Gasteiger partial charge on any atom is -0.395 e. The first-order valence-corrected chi connectivity index (χ1v) is 7.54. The van der Waals surface area contributed by atoms with Crippen LogP contribution in [0.15, 0.2) is 17.6 Å². The summed E-state index contributed by atoms with van der Waals surface area (Å²) in [7, 11) is 0. The fourth-order valence-electron chi connectivity index (χ4n) is 2.41. The molecule has 1 saturated carbocycles. The Hall–Kier alpha value is -1.29. The van der Waals surface area contributed by atoms with Gasteiger partial charge in [-0.2, -0.15) is 0 Å². The molecule has 18 heavy (non-hydrogen) atoms. The molecule has 96 valence electrons. The second kappa shape index (κ2) is 4.76. The van der Waals surface area contributed by atoms with Crippen LogP contribution in [0.3, 0.4) is 0 Å². The summed E-state index contributed by atoms with van der Waals surface area (Å²) in [5, 5.41) is 0. The number of hydrogen-bond donors (Lipinski definition) is 1. The summed E-state index contributed by atoms with van der Waals surface area (Å²) < 4.78 is 1.18. The molecule has 1 aliphatic carbocycles. The minimum atomic E-state index is 0.850. The van der Waals surface area contributed by atoms with E-state index in [1.165, 1.54) is 23.2 Å². The minimum absolute atomic E-state index is 0.850. The van der Waals surface area contributed by atoms with Gasteiger partial charge in [-0.25, -0.2) is 4.98 Å². The Morgan fingerprint density at radius 3 is 3.00 bits per heavy atom. The number of nitrogens with two attached hydrogens (primary N) is 1. The van der Waals surface area contributed by atoms with Crippen molar-refractivity contribution >= 4 is 32.9 Å². The largest absolute Gasteiger partial charge is 0.395 e. The zero-order valence-electron chi connectivity index (χ0n) is 10.7. The van der Waals surface area contributed by atoms with Gasteiger partial charge in [-0.15, -0.1) is 11.3 Å². The summed E-state index contributed by atoms with van der Waals surface area (Å²) in [6.07, 6.45) is 3.90. The van der Waals surface area contributed by atoms with E-state index in [0.717, 1.165) is 36.6 Å². The molecular weight excluding hydrogens is 242 g/mol. The van der Waals surface area contributed by atoms with E-state index >= 15 is 0 Å². The van der Waals surface area contributed by atoms with Gasteiger partial charge in [0.25, 0.3) is 0 Å². The summed E-state index contributed by atoms with van der Waals surface area (Å²) in [5.74, 6) is 0.877. The van der Waals surface area contributed by atoms with Crippen LogP contribution < -0.4 is 10.6 Å². The van der Waals surface area contributed by atoms with Gasteiger partial charge in [0, 0.05) is 13.1 Å². The molecule has 3 nitrogen and oxygen atoms in total. The van der Waals surface area contributed by atoms with Gasteiger partial charge in [-0.3, -0.25) is 0 Å². The van der Waals surface area contributed by atoms with Gasteiger partial charge in [-0.1, -0.05) is 6.92 Å². The van der Waals surface area contributed by atoms with Gasteiger partial charge in [0.05, 0.1) is 21.6 Å². The molecule has 0 radical (unpaired) electrons. The quantitative estimate of drug-likeness (QED) is 0.838. The molecule has 0 amide bonds. The fraction of sp³-hybridized carbons (Fsp3) is 0.500. The summed E-state index contributed by atoms with van der Waals surface area (Å²) in [5.41, 5.74) is 11.1. The Labute approximate surface area is 112 Å². The molecule has 0 unspecified atom stereocenters. The first-order chi connectivity index (χ1) is 8.79. The van der Waals surface area contributed by atoms with Crippen molar-refractivity contribution in [2.75, 3.05) is 23.7 Å². The number of thiazole rings is 1. The number of nitrogen functional groups attached to an aromatic ring is 1. The number of fused-ring (bicyclic) bond motifs is 1. The van der Waals surface area contributed by atoms with Crippen LogP contribution in [0.2, 0.25) is 0 Å². The number of hydrogen-bond acceptors (Lipinski definition) is 4. The molecule has 2 N–H and O–H groups in total. The summed E-state index contributed by atoms with van der Waals surface area (Å²) in [4.78, 5) is 6.82. The predicted molar refractivity (Wildman–Crippen MR) is 79.3 cm³/mol. The maximum Gasteiger partial charge on any atom is 0.106 e. The second-order valence-corrected chi connectivity index (χ2v) is 5.97. The summed E-state index contributed by atoms with van der Waals surface area (Å²) in [6, 6.07) is 4.31. The van der Waals surface area contributed by atoms with Crippen molar-refractivity contribution in [1.29, 1.82) is 0 Å². The van der Waals surface area contributed by atoms with Crippen LogP contribution in [0.4, 0.5) is 11.4 Å². The van der Waals surface area contributed by atoms with E-state index in [0.29, 0.717) is 0 Å². The van der Waals surface area contributed by atoms with Crippen LogP contribution in [0.5, 0.6) is 0 Å². The molecule has 4 heteroatoms. The van der Waals surface area contributed by atoms with E-state index in [2.05, 4.69) is 28.9 Å². The van der Waals surface area contributed by atoms with Crippen molar-refractivity contribution < 1.29 is 0 Å². The standard InChI is InChI=1S/C14H19N3S/c1-2-7-17(8-10-3-4-10)11-5-6-12-14(13(11)15)16-9-18-12/h5-6,9-10H,2-4,7-8,15H2,1H3. The summed E-state index contributed by atoms with van der Waals surface area (Å²) >= 11 is 1.65. The molecule has 0 saturated heterocycles. The first kappa shape index (κ1) is 11.8. The highest BCUT2D eigenvalue weighted by molar-refractivity contribution is 7.16. The maximum atomic E-state index is 6.29. The molecule has 0 aliphatic heterocycles. The molecule has 1 aliphatic rings. The van der Waals surface area contributed by atoms with Crippen LogP contribution >= 0.6 is 11.3 Å². The molecule has 1 fully saturated rings. The maximum absolute atomic E-state index is 6.29. The lowest BCUT2D eigenvalue weighted by Crippen LogP contribution is -2.27.